The summed E-state index contributed by atoms with van der Waals surface area (Å²) in [5.74, 6) is -1.08. The molecular formula is C13H11BrFNO2S. The SMILES string of the molecule is Nc1cc(Br)ccc1CS(=O)(=O)c1ccccc1F. The maximum Gasteiger partial charge on any atom is 0.185 e. The molecule has 0 radical (unpaired) electrons. The van der Waals surface area contributed by atoms with Crippen LogP contribution in [0.25, 0.3) is 0 Å². The lowest BCUT2D eigenvalue weighted by Crippen LogP contribution is -2.08. The van der Waals surface area contributed by atoms with E-state index < -0.39 is 15.7 Å². The number of anilines is 1. The summed E-state index contributed by atoms with van der Waals surface area (Å²) in [6.45, 7) is 0. The first-order chi connectivity index (χ1) is 8.90. The van der Waals surface area contributed by atoms with Crippen LogP contribution in [0.5, 0.6) is 0 Å². The number of benzene rings is 2. The summed E-state index contributed by atoms with van der Waals surface area (Å²) in [6, 6.07) is 10.2. The summed E-state index contributed by atoms with van der Waals surface area (Å²) in [4.78, 5) is -0.308. The second-order valence-electron chi connectivity index (χ2n) is 4.03. The van der Waals surface area contributed by atoms with E-state index in [0.29, 0.717) is 11.3 Å². The molecule has 3 nitrogen and oxygen atoms in total. The van der Waals surface area contributed by atoms with E-state index in [-0.39, 0.29) is 10.6 Å². The van der Waals surface area contributed by atoms with Gasteiger partial charge in [-0.25, -0.2) is 12.8 Å². The topological polar surface area (TPSA) is 60.2 Å². The van der Waals surface area contributed by atoms with Gasteiger partial charge in [0.15, 0.2) is 9.84 Å². The van der Waals surface area contributed by atoms with Crippen molar-refractivity contribution in [1.29, 1.82) is 0 Å². The highest BCUT2D eigenvalue weighted by Crippen LogP contribution is 2.24. The van der Waals surface area contributed by atoms with E-state index in [4.69, 9.17) is 5.73 Å². The van der Waals surface area contributed by atoms with E-state index in [1.807, 2.05) is 0 Å². The lowest BCUT2D eigenvalue weighted by molar-refractivity contribution is 0.566. The molecule has 0 bridgehead atoms. The molecule has 2 aromatic carbocycles. The molecular weight excluding hydrogens is 333 g/mol. The zero-order valence-corrected chi connectivity index (χ0v) is 12.2. The summed E-state index contributed by atoms with van der Waals surface area (Å²) in [6.07, 6.45) is 0. The monoisotopic (exact) mass is 343 g/mol. The summed E-state index contributed by atoms with van der Waals surface area (Å²) in [7, 11) is -3.75. The second-order valence-corrected chi connectivity index (χ2v) is 6.91. The molecule has 0 unspecified atom stereocenters. The van der Waals surface area contributed by atoms with Crippen LogP contribution in [0.15, 0.2) is 51.8 Å². The highest BCUT2D eigenvalue weighted by atomic mass is 79.9. The number of nitrogens with two attached hydrogens (primary N) is 1. The van der Waals surface area contributed by atoms with Crippen molar-refractivity contribution in [3.63, 3.8) is 0 Å². The number of rotatable bonds is 3. The van der Waals surface area contributed by atoms with Gasteiger partial charge in [0.1, 0.15) is 10.7 Å². The average molecular weight is 344 g/mol. The quantitative estimate of drug-likeness (QED) is 0.871. The van der Waals surface area contributed by atoms with Gasteiger partial charge >= 0.3 is 0 Å². The standard InChI is InChI=1S/C13H11BrFNO2S/c14-10-6-5-9(12(16)7-10)8-19(17,18)13-4-2-1-3-11(13)15/h1-7H,8,16H2. The van der Waals surface area contributed by atoms with Crippen LogP contribution in [0, 0.1) is 5.82 Å². The van der Waals surface area contributed by atoms with Crippen LogP contribution >= 0.6 is 15.9 Å². The molecule has 0 atom stereocenters. The Morgan fingerprint density at radius 2 is 1.84 bits per heavy atom. The first kappa shape index (κ1) is 14.0. The van der Waals surface area contributed by atoms with Gasteiger partial charge in [-0.1, -0.05) is 34.1 Å². The largest absolute Gasteiger partial charge is 0.398 e. The fraction of sp³-hybridized carbons (Fsp3) is 0.0769. The van der Waals surface area contributed by atoms with Gasteiger partial charge in [0, 0.05) is 10.2 Å². The third kappa shape index (κ3) is 3.13. The zero-order valence-electron chi connectivity index (χ0n) is 9.81. The van der Waals surface area contributed by atoms with Crippen LogP contribution in [0.4, 0.5) is 10.1 Å². The zero-order chi connectivity index (χ0) is 14.0. The molecule has 0 aliphatic rings. The van der Waals surface area contributed by atoms with E-state index in [0.717, 1.165) is 10.5 Å². The Kier molecular flexibility index (Phi) is 3.91. The van der Waals surface area contributed by atoms with E-state index in [1.54, 1.807) is 18.2 Å². The second kappa shape index (κ2) is 5.30. The van der Waals surface area contributed by atoms with Crippen molar-refractivity contribution >= 4 is 31.5 Å². The molecule has 19 heavy (non-hydrogen) atoms. The van der Waals surface area contributed by atoms with Crippen LogP contribution in [0.1, 0.15) is 5.56 Å². The Balaban J connectivity index is 2.40. The lowest BCUT2D eigenvalue weighted by atomic mass is 10.2. The summed E-state index contributed by atoms with van der Waals surface area (Å²) >= 11 is 3.24. The van der Waals surface area contributed by atoms with Crippen LogP contribution in [0.3, 0.4) is 0 Å². The smallest absolute Gasteiger partial charge is 0.185 e. The molecule has 6 heteroatoms. The van der Waals surface area contributed by atoms with Crippen LogP contribution in [0.2, 0.25) is 0 Å². The maximum absolute atomic E-state index is 13.5. The Labute approximate surface area is 119 Å². The van der Waals surface area contributed by atoms with Gasteiger partial charge < -0.3 is 5.73 Å². The van der Waals surface area contributed by atoms with Crippen molar-refractivity contribution in [3.05, 3.63) is 58.3 Å². The van der Waals surface area contributed by atoms with E-state index in [2.05, 4.69) is 15.9 Å². The van der Waals surface area contributed by atoms with Gasteiger partial charge in [0.05, 0.1) is 5.75 Å². The predicted octanol–water partition coefficient (Wildman–Crippen LogP) is 3.14. The molecule has 0 saturated heterocycles. The molecule has 0 aliphatic heterocycles. The molecule has 0 amide bonds. The fourth-order valence-corrected chi connectivity index (χ4v) is 3.53. The van der Waals surface area contributed by atoms with Crippen molar-refractivity contribution in [2.24, 2.45) is 0 Å². The van der Waals surface area contributed by atoms with Crippen molar-refractivity contribution in [2.45, 2.75) is 10.6 Å². The predicted molar refractivity (Wildman–Crippen MR) is 75.8 cm³/mol. The van der Waals surface area contributed by atoms with E-state index in [1.165, 1.54) is 18.2 Å². The number of sulfone groups is 1. The Hall–Kier alpha value is -1.40. The van der Waals surface area contributed by atoms with E-state index >= 15 is 0 Å². The van der Waals surface area contributed by atoms with Crippen LogP contribution < -0.4 is 5.73 Å². The maximum atomic E-state index is 13.5. The first-order valence-corrected chi connectivity index (χ1v) is 7.86. The molecule has 0 aliphatic carbocycles. The minimum atomic E-state index is -3.75. The van der Waals surface area contributed by atoms with Gasteiger partial charge in [-0.2, -0.15) is 0 Å². The molecule has 2 aromatic rings. The van der Waals surface area contributed by atoms with Crippen LogP contribution in [-0.4, -0.2) is 8.42 Å². The number of halogens is 2. The minimum Gasteiger partial charge on any atom is -0.398 e. The number of hydrogen-bond acceptors (Lipinski definition) is 3. The summed E-state index contributed by atoms with van der Waals surface area (Å²) in [5, 5.41) is 0. The highest BCUT2D eigenvalue weighted by Gasteiger charge is 2.20. The normalized spacial score (nSPS) is 11.5. The fourth-order valence-electron chi connectivity index (χ4n) is 1.68. The van der Waals surface area contributed by atoms with Crippen molar-refractivity contribution < 1.29 is 12.8 Å². The molecule has 2 N–H and O–H groups in total. The minimum absolute atomic E-state index is 0.308. The Morgan fingerprint density at radius 3 is 2.47 bits per heavy atom. The van der Waals surface area contributed by atoms with E-state index in [9.17, 15) is 12.8 Å². The number of hydrogen-bond donors (Lipinski definition) is 1. The molecule has 100 valence electrons. The third-order valence-corrected chi connectivity index (χ3v) is 4.81. The molecule has 2 rings (SSSR count). The molecule has 0 saturated carbocycles. The lowest BCUT2D eigenvalue weighted by Gasteiger charge is -2.08. The summed E-state index contributed by atoms with van der Waals surface area (Å²) in [5.41, 5.74) is 6.56. The van der Waals surface area contributed by atoms with Gasteiger partial charge in [-0.05, 0) is 29.8 Å². The van der Waals surface area contributed by atoms with Crippen molar-refractivity contribution in [1.82, 2.24) is 0 Å². The van der Waals surface area contributed by atoms with Gasteiger partial charge in [0.25, 0.3) is 0 Å². The van der Waals surface area contributed by atoms with Gasteiger partial charge in [-0.3, -0.25) is 0 Å². The molecule has 0 aromatic heterocycles. The Morgan fingerprint density at radius 1 is 1.16 bits per heavy atom. The molecule has 0 heterocycles. The average Bonchev–Trinajstić information content (AvgIpc) is 2.33. The molecule has 0 fully saturated rings. The highest BCUT2D eigenvalue weighted by molar-refractivity contribution is 9.10. The Bertz CT molecular complexity index is 716. The third-order valence-electron chi connectivity index (χ3n) is 2.63. The van der Waals surface area contributed by atoms with Crippen molar-refractivity contribution in [2.75, 3.05) is 5.73 Å². The van der Waals surface area contributed by atoms with Crippen molar-refractivity contribution in [3.8, 4) is 0 Å². The van der Waals surface area contributed by atoms with Gasteiger partial charge in [0.2, 0.25) is 0 Å². The summed E-state index contributed by atoms with van der Waals surface area (Å²) < 4.78 is 38.6. The number of nitrogen functional groups attached to an aromatic ring is 1. The van der Waals surface area contributed by atoms with Gasteiger partial charge in [-0.15, -0.1) is 0 Å². The first-order valence-electron chi connectivity index (χ1n) is 5.41. The van der Waals surface area contributed by atoms with Crippen LogP contribution in [-0.2, 0) is 15.6 Å². The molecule has 0 spiro atoms.